The largest absolute Gasteiger partial charge is 0.327 e. The Labute approximate surface area is 65.6 Å². The molecule has 10 heavy (non-hydrogen) atoms. The number of rotatable bonds is 5. The first-order valence-corrected chi connectivity index (χ1v) is 5.30. The zero-order valence-electron chi connectivity index (χ0n) is 6.80. The Morgan fingerprint density at radius 2 is 2.10 bits per heavy atom. The summed E-state index contributed by atoms with van der Waals surface area (Å²) in [7, 11) is -0.684. The fourth-order valence-electron chi connectivity index (χ4n) is 0.811. The Hall–Kier alpha value is 0.110. The van der Waals surface area contributed by atoms with Crippen molar-refractivity contribution in [2.45, 2.75) is 32.7 Å². The SMILES string of the molecule is CCCC(N)CS(=O)CC. The predicted octanol–water partition coefficient (Wildman–Crippen LogP) is 0.882. The maximum absolute atomic E-state index is 10.9. The first-order valence-electron chi connectivity index (χ1n) is 3.81. The molecule has 0 aromatic heterocycles. The van der Waals surface area contributed by atoms with Crippen LogP contribution in [0.4, 0.5) is 0 Å². The van der Waals surface area contributed by atoms with Crippen molar-refractivity contribution in [3.05, 3.63) is 0 Å². The first-order chi connectivity index (χ1) is 4.70. The quantitative estimate of drug-likeness (QED) is 0.654. The second-order valence-corrected chi connectivity index (χ2v) is 4.23. The molecule has 2 unspecified atom stereocenters. The lowest BCUT2D eigenvalue weighted by atomic mass is 10.2. The summed E-state index contributed by atoms with van der Waals surface area (Å²) in [4.78, 5) is 0. The Kier molecular flexibility index (Phi) is 5.93. The standard InChI is InChI=1S/C7H17NOS/c1-3-5-7(8)6-10(9)4-2/h7H,3-6,8H2,1-2H3. The first kappa shape index (κ1) is 10.1. The van der Waals surface area contributed by atoms with E-state index in [2.05, 4.69) is 6.92 Å². The van der Waals surface area contributed by atoms with Crippen LogP contribution < -0.4 is 5.73 Å². The molecule has 0 rings (SSSR count). The maximum Gasteiger partial charge on any atom is 0.0386 e. The van der Waals surface area contributed by atoms with Gasteiger partial charge in [-0.25, -0.2) is 0 Å². The Morgan fingerprint density at radius 3 is 2.50 bits per heavy atom. The fraction of sp³-hybridized carbons (Fsp3) is 1.00. The van der Waals surface area contributed by atoms with Crippen molar-refractivity contribution in [2.24, 2.45) is 5.73 Å². The van der Waals surface area contributed by atoms with Crippen molar-refractivity contribution in [2.75, 3.05) is 11.5 Å². The third-order valence-electron chi connectivity index (χ3n) is 1.38. The van der Waals surface area contributed by atoms with Crippen molar-refractivity contribution in [3.8, 4) is 0 Å². The lowest BCUT2D eigenvalue weighted by Crippen LogP contribution is -2.27. The Bertz CT molecular complexity index is 106. The van der Waals surface area contributed by atoms with Gasteiger partial charge in [0.25, 0.3) is 0 Å². The van der Waals surface area contributed by atoms with E-state index in [0.717, 1.165) is 18.6 Å². The lowest BCUT2D eigenvalue weighted by molar-refractivity contribution is 0.638. The van der Waals surface area contributed by atoms with Crippen LogP contribution in [-0.2, 0) is 10.8 Å². The summed E-state index contributed by atoms with van der Waals surface area (Å²) in [6.07, 6.45) is 2.08. The van der Waals surface area contributed by atoms with E-state index in [4.69, 9.17) is 5.73 Å². The Morgan fingerprint density at radius 1 is 1.50 bits per heavy atom. The number of hydrogen-bond acceptors (Lipinski definition) is 2. The highest BCUT2D eigenvalue weighted by Gasteiger charge is 2.04. The second kappa shape index (κ2) is 5.86. The molecule has 0 aliphatic carbocycles. The van der Waals surface area contributed by atoms with Crippen molar-refractivity contribution in [1.29, 1.82) is 0 Å². The van der Waals surface area contributed by atoms with Gasteiger partial charge in [-0.3, -0.25) is 4.21 Å². The molecule has 0 radical (unpaired) electrons. The van der Waals surface area contributed by atoms with Crippen LogP contribution >= 0.6 is 0 Å². The summed E-state index contributed by atoms with van der Waals surface area (Å²) in [5.74, 6) is 1.40. The van der Waals surface area contributed by atoms with Gasteiger partial charge in [-0.2, -0.15) is 0 Å². The van der Waals surface area contributed by atoms with Gasteiger partial charge in [0.2, 0.25) is 0 Å². The van der Waals surface area contributed by atoms with E-state index in [1.165, 1.54) is 0 Å². The summed E-state index contributed by atoms with van der Waals surface area (Å²) >= 11 is 0. The van der Waals surface area contributed by atoms with Crippen molar-refractivity contribution < 1.29 is 4.21 Å². The van der Waals surface area contributed by atoms with Gasteiger partial charge in [-0.15, -0.1) is 0 Å². The Balaban J connectivity index is 3.37. The highest BCUT2D eigenvalue weighted by molar-refractivity contribution is 7.84. The average molecular weight is 163 g/mol. The molecular weight excluding hydrogens is 146 g/mol. The van der Waals surface area contributed by atoms with Gasteiger partial charge < -0.3 is 5.73 Å². The molecule has 0 spiro atoms. The molecule has 62 valence electrons. The number of hydrogen-bond donors (Lipinski definition) is 1. The van der Waals surface area contributed by atoms with E-state index in [0.29, 0.717) is 5.75 Å². The van der Waals surface area contributed by atoms with Crippen molar-refractivity contribution >= 4 is 10.8 Å². The molecule has 2 atom stereocenters. The average Bonchev–Trinajstić information content (AvgIpc) is 1.88. The summed E-state index contributed by atoms with van der Waals surface area (Å²) in [6, 6.07) is 0.144. The molecule has 0 saturated carbocycles. The maximum atomic E-state index is 10.9. The van der Waals surface area contributed by atoms with Crippen LogP contribution in [0, 0.1) is 0 Å². The second-order valence-electron chi connectivity index (χ2n) is 2.44. The van der Waals surface area contributed by atoms with Crippen LogP contribution in [0.2, 0.25) is 0 Å². The molecule has 0 fully saturated rings. The third kappa shape index (κ3) is 4.94. The van der Waals surface area contributed by atoms with Crippen LogP contribution in [-0.4, -0.2) is 21.8 Å². The molecule has 0 aromatic carbocycles. The van der Waals surface area contributed by atoms with E-state index < -0.39 is 10.8 Å². The molecule has 0 aliphatic heterocycles. The highest BCUT2D eigenvalue weighted by Crippen LogP contribution is 1.95. The van der Waals surface area contributed by atoms with Crippen LogP contribution in [0.25, 0.3) is 0 Å². The van der Waals surface area contributed by atoms with Crippen LogP contribution in [0.15, 0.2) is 0 Å². The summed E-state index contributed by atoms with van der Waals surface area (Å²) in [5.41, 5.74) is 5.67. The summed E-state index contributed by atoms with van der Waals surface area (Å²) in [5, 5.41) is 0. The minimum atomic E-state index is -0.684. The molecule has 0 heterocycles. The number of nitrogens with two attached hydrogens (primary N) is 1. The van der Waals surface area contributed by atoms with E-state index >= 15 is 0 Å². The molecule has 3 heteroatoms. The van der Waals surface area contributed by atoms with Crippen LogP contribution in [0.5, 0.6) is 0 Å². The van der Waals surface area contributed by atoms with E-state index in [9.17, 15) is 4.21 Å². The molecule has 0 bridgehead atoms. The summed E-state index contributed by atoms with van der Waals surface area (Å²) in [6.45, 7) is 4.02. The minimum absolute atomic E-state index is 0.144. The van der Waals surface area contributed by atoms with Crippen LogP contribution in [0.1, 0.15) is 26.7 Å². The third-order valence-corrected chi connectivity index (χ3v) is 2.83. The van der Waals surface area contributed by atoms with Gasteiger partial charge >= 0.3 is 0 Å². The van der Waals surface area contributed by atoms with Crippen molar-refractivity contribution in [1.82, 2.24) is 0 Å². The topological polar surface area (TPSA) is 43.1 Å². The van der Waals surface area contributed by atoms with Gasteiger partial charge in [0.05, 0.1) is 0 Å². The highest BCUT2D eigenvalue weighted by atomic mass is 32.2. The molecule has 0 aromatic rings. The van der Waals surface area contributed by atoms with E-state index in [1.807, 2.05) is 6.92 Å². The van der Waals surface area contributed by atoms with Crippen molar-refractivity contribution in [3.63, 3.8) is 0 Å². The minimum Gasteiger partial charge on any atom is -0.327 e. The van der Waals surface area contributed by atoms with Gasteiger partial charge in [0, 0.05) is 28.3 Å². The lowest BCUT2D eigenvalue weighted by Gasteiger charge is -2.07. The van der Waals surface area contributed by atoms with E-state index in [1.54, 1.807) is 0 Å². The zero-order chi connectivity index (χ0) is 7.98. The predicted molar refractivity (Wildman–Crippen MR) is 46.4 cm³/mol. The smallest absolute Gasteiger partial charge is 0.0386 e. The molecule has 0 amide bonds. The fourth-order valence-corrected chi connectivity index (χ4v) is 1.69. The molecule has 0 saturated heterocycles. The van der Waals surface area contributed by atoms with Gasteiger partial charge in [-0.1, -0.05) is 20.3 Å². The van der Waals surface area contributed by atoms with Crippen LogP contribution in [0.3, 0.4) is 0 Å². The van der Waals surface area contributed by atoms with Gasteiger partial charge in [0.1, 0.15) is 0 Å². The molecule has 0 aliphatic rings. The van der Waals surface area contributed by atoms with Gasteiger partial charge in [0.15, 0.2) is 0 Å². The molecule has 2 nitrogen and oxygen atoms in total. The zero-order valence-corrected chi connectivity index (χ0v) is 7.62. The normalized spacial score (nSPS) is 16.7. The molecule has 2 N–H and O–H groups in total. The molecular formula is C7H17NOS. The van der Waals surface area contributed by atoms with Gasteiger partial charge in [-0.05, 0) is 6.42 Å². The summed E-state index contributed by atoms with van der Waals surface area (Å²) < 4.78 is 10.9. The monoisotopic (exact) mass is 163 g/mol. The van der Waals surface area contributed by atoms with E-state index in [-0.39, 0.29) is 6.04 Å².